The average molecular weight is 175 g/mol. The van der Waals surface area contributed by atoms with Crippen LogP contribution in [0.5, 0.6) is 0 Å². The van der Waals surface area contributed by atoms with Gasteiger partial charge in [0.15, 0.2) is 0 Å². The van der Waals surface area contributed by atoms with E-state index in [1.54, 1.807) is 19.2 Å². The minimum absolute atomic E-state index is 0.258. The van der Waals surface area contributed by atoms with Crippen molar-refractivity contribution in [3.63, 3.8) is 0 Å². The van der Waals surface area contributed by atoms with Gasteiger partial charge in [0.1, 0.15) is 17.6 Å². The lowest BCUT2D eigenvalue weighted by Crippen LogP contribution is -1.93. The highest BCUT2D eigenvalue weighted by Gasteiger charge is 2.11. The Morgan fingerprint density at radius 3 is 3.00 bits per heavy atom. The third-order valence-corrected chi connectivity index (χ3v) is 1.92. The normalized spacial score (nSPS) is 10.2. The molecule has 0 atom stereocenters. The van der Waals surface area contributed by atoms with Crippen molar-refractivity contribution in [3.05, 3.63) is 29.7 Å². The van der Waals surface area contributed by atoms with Crippen molar-refractivity contribution in [3.8, 4) is 6.07 Å². The fourth-order valence-electron chi connectivity index (χ4n) is 1.33. The van der Waals surface area contributed by atoms with Gasteiger partial charge >= 0.3 is 0 Å². The quantitative estimate of drug-likeness (QED) is 0.610. The fraction of sp³-hybridized carbons (Fsp3) is 0.111. The smallest absolute Gasteiger partial charge is 0.149 e. The third kappa shape index (κ3) is 0.975. The Morgan fingerprint density at radius 1 is 1.54 bits per heavy atom. The van der Waals surface area contributed by atoms with E-state index in [1.165, 1.54) is 10.7 Å². The lowest BCUT2D eigenvalue weighted by molar-refractivity contribution is 0.639. The molecule has 0 saturated carbocycles. The lowest BCUT2D eigenvalue weighted by atomic mass is 10.2. The maximum absolute atomic E-state index is 13.2. The molecule has 0 N–H and O–H groups in total. The molecule has 13 heavy (non-hydrogen) atoms. The zero-order valence-corrected chi connectivity index (χ0v) is 6.95. The van der Waals surface area contributed by atoms with Gasteiger partial charge in [0, 0.05) is 7.05 Å². The van der Waals surface area contributed by atoms with E-state index in [0.29, 0.717) is 10.9 Å². The third-order valence-electron chi connectivity index (χ3n) is 1.92. The molecule has 1 heterocycles. The molecule has 2 aromatic rings. The van der Waals surface area contributed by atoms with E-state index in [1.807, 2.05) is 6.07 Å². The summed E-state index contributed by atoms with van der Waals surface area (Å²) in [6.07, 6.45) is 0. The predicted octanol–water partition coefficient (Wildman–Crippen LogP) is 1.58. The molecule has 0 spiro atoms. The van der Waals surface area contributed by atoms with Crippen molar-refractivity contribution in [1.82, 2.24) is 9.78 Å². The largest absolute Gasteiger partial charge is 0.257 e. The van der Waals surface area contributed by atoms with Gasteiger partial charge in [-0.2, -0.15) is 10.4 Å². The zero-order chi connectivity index (χ0) is 9.42. The number of hydrogen-bond donors (Lipinski definition) is 0. The van der Waals surface area contributed by atoms with Crippen molar-refractivity contribution >= 4 is 10.9 Å². The van der Waals surface area contributed by atoms with Gasteiger partial charge in [0.05, 0.1) is 10.9 Å². The number of halogens is 1. The van der Waals surface area contributed by atoms with E-state index in [0.717, 1.165) is 0 Å². The number of aryl methyl sites for hydroxylation is 1. The maximum atomic E-state index is 13.2. The molecule has 4 heteroatoms. The monoisotopic (exact) mass is 175 g/mol. The maximum Gasteiger partial charge on any atom is 0.149 e. The summed E-state index contributed by atoms with van der Waals surface area (Å²) < 4.78 is 14.6. The molecule has 2 rings (SSSR count). The first-order valence-electron chi connectivity index (χ1n) is 3.75. The molecule has 0 amide bonds. The van der Waals surface area contributed by atoms with Gasteiger partial charge < -0.3 is 0 Å². The van der Waals surface area contributed by atoms with Crippen molar-refractivity contribution < 1.29 is 4.39 Å². The molecule has 0 saturated heterocycles. The SMILES string of the molecule is Cn1nc2cccc(F)c2c1C#N. The van der Waals surface area contributed by atoms with Crippen LogP contribution < -0.4 is 0 Å². The van der Waals surface area contributed by atoms with E-state index in [4.69, 9.17) is 5.26 Å². The Morgan fingerprint density at radius 2 is 2.31 bits per heavy atom. The van der Waals surface area contributed by atoms with Gasteiger partial charge in [0.2, 0.25) is 0 Å². The molecule has 0 unspecified atom stereocenters. The summed E-state index contributed by atoms with van der Waals surface area (Å²) in [5, 5.41) is 13.0. The second-order valence-electron chi connectivity index (χ2n) is 2.72. The van der Waals surface area contributed by atoms with Gasteiger partial charge in [-0.05, 0) is 12.1 Å². The number of benzene rings is 1. The Labute approximate surface area is 74.0 Å². The summed E-state index contributed by atoms with van der Waals surface area (Å²) in [5.74, 6) is -0.401. The van der Waals surface area contributed by atoms with Crippen LogP contribution in [0.15, 0.2) is 18.2 Å². The highest BCUT2D eigenvalue weighted by molar-refractivity contribution is 5.84. The lowest BCUT2D eigenvalue weighted by Gasteiger charge is -1.90. The standard InChI is InChI=1S/C9H6FN3/c1-13-8(5-11)9-6(10)3-2-4-7(9)12-13/h2-4H,1H3. The number of rotatable bonds is 0. The molecule has 64 valence electrons. The van der Waals surface area contributed by atoms with Crippen LogP contribution in [0.3, 0.4) is 0 Å². The molecule has 0 aliphatic heterocycles. The fourth-order valence-corrected chi connectivity index (χ4v) is 1.33. The van der Waals surface area contributed by atoms with Crippen LogP contribution in [-0.2, 0) is 7.05 Å². The Kier molecular flexibility index (Phi) is 1.52. The molecule has 0 bridgehead atoms. The summed E-state index contributed by atoms with van der Waals surface area (Å²) in [4.78, 5) is 0. The summed E-state index contributed by atoms with van der Waals surface area (Å²) in [6, 6.07) is 6.50. The highest BCUT2D eigenvalue weighted by atomic mass is 19.1. The molecule has 1 aromatic heterocycles. The summed E-state index contributed by atoms with van der Waals surface area (Å²) in [6.45, 7) is 0. The topological polar surface area (TPSA) is 41.6 Å². The van der Waals surface area contributed by atoms with Crippen molar-refractivity contribution in [1.29, 1.82) is 5.26 Å². The summed E-state index contributed by atoms with van der Waals surface area (Å²) >= 11 is 0. The van der Waals surface area contributed by atoms with Crippen molar-refractivity contribution in [2.45, 2.75) is 0 Å². The second-order valence-corrected chi connectivity index (χ2v) is 2.72. The minimum atomic E-state index is -0.401. The first-order valence-corrected chi connectivity index (χ1v) is 3.75. The van der Waals surface area contributed by atoms with Gasteiger partial charge in [-0.15, -0.1) is 0 Å². The second kappa shape index (κ2) is 2.56. The summed E-state index contributed by atoms with van der Waals surface area (Å²) in [5.41, 5.74) is 0.771. The van der Waals surface area contributed by atoms with E-state index in [2.05, 4.69) is 5.10 Å². The Bertz CT molecular complexity index is 507. The van der Waals surface area contributed by atoms with E-state index < -0.39 is 5.82 Å². The van der Waals surface area contributed by atoms with E-state index in [9.17, 15) is 4.39 Å². The number of nitrogens with zero attached hydrogens (tertiary/aromatic N) is 3. The minimum Gasteiger partial charge on any atom is -0.257 e. The molecule has 0 aliphatic carbocycles. The van der Waals surface area contributed by atoms with Crippen LogP contribution in [0.4, 0.5) is 4.39 Å². The van der Waals surface area contributed by atoms with Gasteiger partial charge in [-0.25, -0.2) is 4.39 Å². The number of hydrogen-bond acceptors (Lipinski definition) is 2. The van der Waals surface area contributed by atoms with Crippen LogP contribution in [-0.4, -0.2) is 9.78 Å². The molecule has 0 aliphatic rings. The highest BCUT2D eigenvalue weighted by Crippen LogP contribution is 2.19. The van der Waals surface area contributed by atoms with Gasteiger partial charge in [0.25, 0.3) is 0 Å². The van der Waals surface area contributed by atoms with Crippen LogP contribution in [0, 0.1) is 17.1 Å². The summed E-state index contributed by atoms with van der Waals surface area (Å²) in [7, 11) is 1.62. The predicted molar refractivity (Wildman–Crippen MR) is 45.4 cm³/mol. The van der Waals surface area contributed by atoms with Crippen LogP contribution in [0.25, 0.3) is 10.9 Å². The zero-order valence-electron chi connectivity index (χ0n) is 6.95. The first kappa shape index (κ1) is 7.74. The first-order chi connectivity index (χ1) is 6.24. The molecule has 0 fully saturated rings. The van der Waals surface area contributed by atoms with Crippen LogP contribution >= 0.6 is 0 Å². The Balaban J connectivity index is 2.99. The molecule has 0 radical (unpaired) electrons. The molecule has 1 aromatic carbocycles. The van der Waals surface area contributed by atoms with Crippen LogP contribution in [0.1, 0.15) is 5.69 Å². The number of nitriles is 1. The molecule has 3 nitrogen and oxygen atoms in total. The van der Waals surface area contributed by atoms with Crippen molar-refractivity contribution in [2.75, 3.05) is 0 Å². The van der Waals surface area contributed by atoms with Gasteiger partial charge in [-0.1, -0.05) is 6.07 Å². The number of fused-ring (bicyclic) bond motifs is 1. The molecular formula is C9H6FN3. The van der Waals surface area contributed by atoms with Crippen molar-refractivity contribution in [2.24, 2.45) is 7.05 Å². The average Bonchev–Trinajstić information content (AvgIpc) is 2.42. The van der Waals surface area contributed by atoms with E-state index >= 15 is 0 Å². The van der Waals surface area contributed by atoms with Gasteiger partial charge in [-0.3, -0.25) is 4.68 Å². The van der Waals surface area contributed by atoms with E-state index in [-0.39, 0.29) is 5.69 Å². The Hall–Kier alpha value is -1.89. The number of aromatic nitrogens is 2. The van der Waals surface area contributed by atoms with Crippen LogP contribution in [0.2, 0.25) is 0 Å². The molecular weight excluding hydrogens is 169 g/mol.